The number of piperidine rings is 3. The molecule has 4 atom stereocenters. The molecular weight excluding hydrogens is 496 g/mol. The van der Waals surface area contributed by atoms with E-state index in [9.17, 15) is 4.79 Å². The third-order valence-corrected chi connectivity index (χ3v) is 9.37. The molecule has 2 bridgehead atoms. The maximum absolute atomic E-state index is 13.6. The summed E-state index contributed by atoms with van der Waals surface area (Å²) in [7, 11) is 1.71. The van der Waals surface area contributed by atoms with Crippen LogP contribution in [0.15, 0.2) is 65.7 Å². The summed E-state index contributed by atoms with van der Waals surface area (Å²) in [5.74, 6) is 2.64. The Kier molecular flexibility index (Phi) is 7.56. The molecule has 38 heavy (non-hydrogen) atoms. The lowest BCUT2D eigenvalue weighted by atomic mass is 9.75. The molecule has 0 spiro atoms. The van der Waals surface area contributed by atoms with Gasteiger partial charge in [0, 0.05) is 55.6 Å². The van der Waals surface area contributed by atoms with Crippen LogP contribution in [0.4, 0.5) is 5.69 Å². The standard InChI is InChI=1S/C29H36N6O2S/c1-37-28-10-6-5-9-27(28)32-13-15-33(16-14-32)29(36)26-20-34-12-11-22(26)17-24(34)19-35-18-23(30-31-35)21-38-25-7-3-2-4-8-25/h2-10,18,22,24,26H,11-17,19-21H2,1H3/t22-,24-,26+/m1/s1. The third kappa shape index (κ3) is 5.40. The Morgan fingerprint density at radius 2 is 1.82 bits per heavy atom. The van der Waals surface area contributed by atoms with Crippen LogP contribution in [0.25, 0.3) is 0 Å². The number of rotatable bonds is 8. The fourth-order valence-corrected chi connectivity index (χ4v) is 7.08. The van der Waals surface area contributed by atoms with Gasteiger partial charge in [-0.3, -0.25) is 14.4 Å². The highest BCUT2D eigenvalue weighted by Gasteiger charge is 2.44. The van der Waals surface area contributed by atoms with E-state index in [2.05, 4.69) is 61.5 Å². The van der Waals surface area contributed by atoms with E-state index in [4.69, 9.17) is 4.74 Å². The summed E-state index contributed by atoms with van der Waals surface area (Å²) in [6.07, 6.45) is 4.26. The van der Waals surface area contributed by atoms with Gasteiger partial charge in [0.15, 0.2) is 0 Å². The van der Waals surface area contributed by atoms with Crippen molar-refractivity contribution in [3.05, 3.63) is 66.5 Å². The number of thioether (sulfide) groups is 1. The average Bonchev–Trinajstić information content (AvgIpc) is 3.44. The minimum atomic E-state index is 0.117. The lowest BCUT2D eigenvalue weighted by Gasteiger charge is -2.50. The Bertz CT molecular complexity index is 1230. The number of ether oxygens (including phenoxy) is 1. The van der Waals surface area contributed by atoms with E-state index in [1.807, 2.05) is 28.9 Å². The van der Waals surface area contributed by atoms with Gasteiger partial charge >= 0.3 is 0 Å². The van der Waals surface area contributed by atoms with Crippen LogP contribution in [0.2, 0.25) is 0 Å². The number of piperazine rings is 1. The van der Waals surface area contributed by atoms with Crippen LogP contribution >= 0.6 is 11.8 Å². The lowest BCUT2D eigenvalue weighted by molar-refractivity contribution is -0.144. The Balaban J connectivity index is 1.01. The molecule has 9 heteroatoms. The largest absolute Gasteiger partial charge is 0.495 e. The van der Waals surface area contributed by atoms with E-state index in [0.717, 1.165) is 81.5 Å². The number of amides is 1. The first-order valence-electron chi connectivity index (χ1n) is 13.7. The van der Waals surface area contributed by atoms with Gasteiger partial charge in [0.05, 0.1) is 31.0 Å². The van der Waals surface area contributed by atoms with E-state index >= 15 is 0 Å². The van der Waals surface area contributed by atoms with Gasteiger partial charge in [0.25, 0.3) is 0 Å². The number of para-hydroxylation sites is 2. The number of nitrogens with zero attached hydrogens (tertiary/aromatic N) is 6. The second-order valence-electron chi connectivity index (χ2n) is 10.6. The molecule has 0 saturated carbocycles. The Labute approximate surface area is 228 Å². The Morgan fingerprint density at radius 3 is 2.58 bits per heavy atom. The van der Waals surface area contributed by atoms with Crippen LogP contribution in [0, 0.1) is 11.8 Å². The molecule has 4 aliphatic rings. The number of carbonyl (C=O) groups is 1. The first-order valence-corrected chi connectivity index (χ1v) is 14.6. The van der Waals surface area contributed by atoms with Gasteiger partial charge in [-0.1, -0.05) is 35.5 Å². The Hall–Kier alpha value is -3.04. The second kappa shape index (κ2) is 11.4. The first-order chi connectivity index (χ1) is 18.7. The zero-order valence-electron chi connectivity index (χ0n) is 22.0. The fraction of sp³-hybridized carbons (Fsp3) is 0.483. The van der Waals surface area contributed by atoms with Gasteiger partial charge in [-0.05, 0) is 49.6 Å². The van der Waals surface area contributed by atoms with E-state index in [1.54, 1.807) is 18.9 Å². The number of fused-ring (bicyclic) bond motifs is 3. The molecule has 2 aromatic carbocycles. The van der Waals surface area contributed by atoms with Gasteiger partial charge in [-0.2, -0.15) is 0 Å². The number of anilines is 1. The quantitative estimate of drug-likeness (QED) is 0.411. The minimum absolute atomic E-state index is 0.117. The van der Waals surface area contributed by atoms with Crippen molar-refractivity contribution in [1.82, 2.24) is 24.8 Å². The van der Waals surface area contributed by atoms with Crippen molar-refractivity contribution in [1.29, 1.82) is 0 Å². The highest BCUT2D eigenvalue weighted by atomic mass is 32.2. The molecule has 8 nitrogen and oxygen atoms in total. The summed E-state index contributed by atoms with van der Waals surface area (Å²) in [4.78, 5) is 21.8. The highest BCUT2D eigenvalue weighted by Crippen LogP contribution is 2.38. The molecule has 3 aromatic rings. The van der Waals surface area contributed by atoms with Crippen LogP contribution in [0.1, 0.15) is 18.5 Å². The van der Waals surface area contributed by atoms with E-state index < -0.39 is 0 Å². The summed E-state index contributed by atoms with van der Waals surface area (Å²) in [5.41, 5.74) is 2.12. The van der Waals surface area contributed by atoms with Gasteiger partial charge in [-0.25, -0.2) is 0 Å². The SMILES string of the molecule is COc1ccccc1N1CCN(C(=O)[C@H]2CN3CC[C@@H]2C[C@@H]3Cn2cc(CSc3ccccc3)nn2)CC1. The zero-order valence-corrected chi connectivity index (χ0v) is 22.8. The van der Waals surface area contributed by atoms with Crippen molar-refractivity contribution < 1.29 is 9.53 Å². The number of carbonyl (C=O) groups excluding carboxylic acids is 1. The molecule has 1 unspecified atom stereocenters. The van der Waals surface area contributed by atoms with Gasteiger partial charge < -0.3 is 14.5 Å². The van der Waals surface area contributed by atoms with Gasteiger partial charge in [-0.15, -0.1) is 16.9 Å². The number of hydrogen-bond donors (Lipinski definition) is 0. The summed E-state index contributed by atoms with van der Waals surface area (Å²) in [6, 6.07) is 19.0. The molecule has 1 aromatic heterocycles. The highest BCUT2D eigenvalue weighted by molar-refractivity contribution is 7.98. The average molecular weight is 533 g/mol. The van der Waals surface area contributed by atoms with Crippen LogP contribution in [0.5, 0.6) is 5.75 Å². The minimum Gasteiger partial charge on any atom is -0.495 e. The molecule has 4 aliphatic heterocycles. The second-order valence-corrected chi connectivity index (χ2v) is 11.6. The molecular formula is C29H36N6O2S. The van der Waals surface area contributed by atoms with Crippen molar-refractivity contribution in [2.24, 2.45) is 11.8 Å². The van der Waals surface area contributed by atoms with Crippen LogP contribution < -0.4 is 9.64 Å². The fourth-order valence-electron chi connectivity index (χ4n) is 6.28. The smallest absolute Gasteiger partial charge is 0.227 e. The van der Waals surface area contributed by atoms with Crippen molar-refractivity contribution in [2.75, 3.05) is 51.3 Å². The van der Waals surface area contributed by atoms with Crippen molar-refractivity contribution in [2.45, 2.75) is 36.1 Å². The maximum Gasteiger partial charge on any atom is 0.227 e. The van der Waals surface area contributed by atoms with Gasteiger partial charge in [0.2, 0.25) is 5.91 Å². The van der Waals surface area contributed by atoms with E-state index in [1.165, 1.54) is 4.90 Å². The molecule has 7 rings (SSSR count). The molecule has 1 amide bonds. The zero-order chi connectivity index (χ0) is 25.9. The molecule has 0 aliphatic carbocycles. The third-order valence-electron chi connectivity index (χ3n) is 8.33. The van der Waals surface area contributed by atoms with Crippen molar-refractivity contribution in [3.8, 4) is 5.75 Å². The van der Waals surface area contributed by atoms with Crippen LogP contribution in [-0.4, -0.2) is 83.1 Å². The number of methoxy groups -OCH3 is 1. The summed E-state index contributed by atoms with van der Waals surface area (Å²) in [5, 5.41) is 8.82. The monoisotopic (exact) mass is 532 g/mol. The van der Waals surface area contributed by atoms with Gasteiger partial charge in [0.1, 0.15) is 5.75 Å². The number of benzene rings is 2. The first kappa shape index (κ1) is 25.2. The predicted octanol–water partition coefficient (Wildman–Crippen LogP) is 3.64. The maximum atomic E-state index is 13.6. The van der Waals surface area contributed by atoms with Crippen molar-refractivity contribution in [3.63, 3.8) is 0 Å². The Morgan fingerprint density at radius 1 is 1.03 bits per heavy atom. The molecule has 0 N–H and O–H groups in total. The van der Waals surface area contributed by atoms with E-state index in [-0.39, 0.29) is 5.92 Å². The molecule has 200 valence electrons. The number of aromatic nitrogens is 3. The van der Waals surface area contributed by atoms with Crippen LogP contribution in [0.3, 0.4) is 0 Å². The van der Waals surface area contributed by atoms with E-state index in [0.29, 0.717) is 17.9 Å². The summed E-state index contributed by atoms with van der Waals surface area (Å²) in [6.45, 7) is 6.01. The molecule has 0 radical (unpaired) electrons. The predicted molar refractivity (Wildman–Crippen MR) is 149 cm³/mol. The topological polar surface area (TPSA) is 66.7 Å². The molecule has 5 heterocycles. The summed E-state index contributed by atoms with van der Waals surface area (Å²) >= 11 is 1.78. The normalized spacial score (nSPS) is 25.0. The molecule has 4 fully saturated rings. The van der Waals surface area contributed by atoms with Crippen LogP contribution in [-0.2, 0) is 17.1 Å². The van der Waals surface area contributed by atoms with Crippen molar-refractivity contribution >= 4 is 23.4 Å². The molecule has 4 saturated heterocycles. The number of hydrogen-bond acceptors (Lipinski definition) is 7. The lowest BCUT2D eigenvalue weighted by Crippen LogP contribution is -2.60. The summed E-state index contributed by atoms with van der Waals surface area (Å²) < 4.78 is 7.55.